The lowest BCUT2D eigenvalue weighted by molar-refractivity contribution is -0.133. The highest BCUT2D eigenvalue weighted by Crippen LogP contribution is 2.34. The third-order valence-corrected chi connectivity index (χ3v) is 6.19. The van der Waals surface area contributed by atoms with E-state index in [9.17, 15) is 4.79 Å². The van der Waals surface area contributed by atoms with E-state index in [1.165, 1.54) is 16.5 Å². The molecule has 1 N–H and O–H groups in total. The summed E-state index contributed by atoms with van der Waals surface area (Å²) in [4.78, 5) is 20.8. The van der Waals surface area contributed by atoms with Crippen LogP contribution in [0.4, 0.5) is 0 Å². The number of thiophene rings is 1. The molecule has 1 aliphatic heterocycles. The monoisotopic (exact) mass is 367 g/mol. The van der Waals surface area contributed by atoms with E-state index >= 15 is 0 Å². The minimum Gasteiger partial charge on any atom is -0.361 e. The number of benzene rings is 1. The molecule has 2 aromatic heterocycles. The minimum atomic E-state index is 0.106. The highest BCUT2D eigenvalue weighted by atomic mass is 32.1. The number of hydrogen-bond acceptors (Lipinski definition) is 3. The van der Waals surface area contributed by atoms with Crippen molar-refractivity contribution in [3.8, 4) is 0 Å². The Morgan fingerprint density at radius 3 is 2.73 bits per heavy atom. The summed E-state index contributed by atoms with van der Waals surface area (Å²) in [5, 5.41) is 5.49. The van der Waals surface area contributed by atoms with Crippen LogP contribution in [0, 0.1) is 0 Å². The molecule has 0 aliphatic carbocycles. The molecule has 4 rings (SSSR count). The number of piperazine rings is 1. The zero-order valence-corrected chi connectivity index (χ0v) is 16.0. The lowest BCUT2D eigenvalue weighted by Crippen LogP contribution is -2.48. The van der Waals surface area contributed by atoms with Crippen LogP contribution in [0.15, 0.2) is 47.3 Å². The van der Waals surface area contributed by atoms with E-state index in [4.69, 9.17) is 0 Å². The first-order valence-electron chi connectivity index (χ1n) is 9.34. The van der Waals surface area contributed by atoms with Crippen LogP contribution in [-0.4, -0.2) is 53.4 Å². The number of nitrogens with zero attached hydrogens (tertiary/aromatic N) is 2. The van der Waals surface area contributed by atoms with Crippen LogP contribution in [-0.2, 0) is 4.79 Å². The Balaban J connectivity index is 1.58. The lowest BCUT2D eigenvalue weighted by Gasteiger charge is -2.34. The van der Waals surface area contributed by atoms with Crippen molar-refractivity contribution in [1.82, 2.24) is 14.8 Å². The van der Waals surface area contributed by atoms with E-state index in [1.807, 2.05) is 11.0 Å². The number of para-hydroxylation sites is 1. The number of aromatic amines is 1. The summed E-state index contributed by atoms with van der Waals surface area (Å²) in [5.41, 5.74) is 3.59. The normalized spacial score (nSPS) is 16.9. The van der Waals surface area contributed by atoms with Crippen molar-refractivity contribution >= 4 is 28.1 Å². The molecular weight excluding hydrogens is 342 g/mol. The Kier molecular flexibility index (Phi) is 5.09. The number of H-pyrrole nitrogens is 1. The Morgan fingerprint density at radius 2 is 2.00 bits per heavy atom. The average molecular weight is 368 g/mol. The highest BCUT2D eigenvalue weighted by Gasteiger charge is 2.26. The second kappa shape index (κ2) is 7.64. The van der Waals surface area contributed by atoms with Gasteiger partial charge in [0.1, 0.15) is 0 Å². The van der Waals surface area contributed by atoms with Crippen molar-refractivity contribution in [2.24, 2.45) is 0 Å². The number of carbonyl (C=O) groups is 1. The van der Waals surface area contributed by atoms with Gasteiger partial charge in [-0.3, -0.25) is 4.79 Å². The number of amides is 1. The van der Waals surface area contributed by atoms with Crippen molar-refractivity contribution < 1.29 is 4.79 Å². The maximum absolute atomic E-state index is 13.0. The fourth-order valence-electron chi connectivity index (χ4n) is 3.88. The van der Waals surface area contributed by atoms with Crippen LogP contribution in [0.3, 0.4) is 0 Å². The van der Waals surface area contributed by atoms with Crippen molar-refractivity contribution in [3.63, 3.8) is 0 Å². The molecule has 0 saturated carbocycles. The SMILES string of the molecule is CCN1CCN(C(=O)CC(c2ccsc2)c2c[nH]c3ccccc23)CC1. The van der Waals surface area contributed by atoms with E-state index in [1.54, 1.807) is 11.3 Å². The first-order valence-corrected chi connectivity index (χ1v) is 10.3. The standard InChI is InChI=1S/C21H25N3OS/c1-2-23-8-10-24(11-9-23)21(25)13-18(16-7-12-26-15-16)19-14-22-20-6-4-3-5-17(19)20/h3-7,12,14-15,18,22H,2,8-11,13H2,1H3. The van der Waals surface area contributed by atoms with Gasteiger partial charge in [-0.15, -0.1) is 0 Å². The molecule has 1 saturated heterocycles. The van der Waals surface area contributed by atoms with Crippen molar-refractivity contribution in [2.75, 3.05) is 32.7 Å². The molecule has 26 heavy (non-hydrogen) atoms. The molecule has 3 aromatic rings. The van der Waals surface area contributed by atoms with Crippen molar-refractivity contribution in [2.45, 2.75) is 19.3 Å². The van der Waals surface area contributed by atoms with Gasteiger partial charge < -0.3 is 14.8 Å². The summed E-state index contributed by atoms with van der Waals surface area (Å²) in [6.45, 7) is 6.90. The fourth-order valence-corrected chi connectivity index (χ4v) is 4.59. The van der Waals surface area contributed by atoms with Crippen LogP contribution in [0.2, 0.25) is 0 Å². The second-order valence-corrected chi connectivity index (χ2v) is 7.70. The van der Waals surface area contributed by atoms with Crippen LogP contribution in [0.1, 0.15) is 30.4 Å². The smallest absolute Gasteiger partial charge is 0.223 e. The summed E-state index contributed by atoms with van der Waals surface area (Å²) in [5.74, 6) is 0.372. The van der Waals surface area contributed by atoms with Gasteiger partial charge >= 0.3 is 0 Å². The third kappa shape index (κ3) is 3.41. The van der Waals surface area contributed by atoms with Gasteiger partial charge in [-0.1, -0.05) is 25.1 Å². The maximum atomic E-state index is 13.0. The van der Waals surface area contributed by atoms with Crippen molar-refractivity contribution in [3.05, 3.63) is 58.4 Å². The van der Waals surface area contributed by atoms with E-state index in [0.717, 1.165) is 38.2 Å². The van der Waals surface area contributed by atoms with Gasteiger partial charge in [0.15, 0.2) is 0 Å². The Bertz CT molecular complexity index is 862. The van der Waals surface area contributed by atoms with Gasteiger partial charge in [0, 0.05) is 55.6 Å². The molecule has 1 aliphatic rings. The van der Waals surface area contributed by atoms with E-state index in [2.05, 4.69) is 58.0 Å². The van der Waals surface area contributed by atoms with E-state index < -0.39 is 0 Å². The summed E-state index contributed by atoms with van der Waals surface area (Å²) in [7, 11) is 0. The van der Waals surface area contributed by atoms with Gasteiger partial charge in [-0.25, -0.2) is 0 Å². The van der Waals surface area contributed by atoms with Crippen LogP contribution in [0.25, 0.3) is 10.9 Å². The first-order chi connectivity index (χ1) is 12.8. The van der Waals surface area contributed by atoms with Crippen LogP contribution < -0.4 is 0 Å². The molecule has 1 atom stereocenters. The van der Waals surface area contributed by atoms with Gasteiger partial charge in [0.25, 0.3) is 0 Å². The Hall–Kier alpha value is -2.11. The third-order valence-electron chi connectivity index (χ3n) is 5.49. The summed E-state index contributed by atoms with van der Waals surface area (Å²) >= 11 is 1.69. The predicted octanol–water partition coefficient (Wildman–Crippen LogP) is 3.92. The van der Waals surface area contributed by atoms with E-state index in [0.29, 0.717) is 6.42 Å². The minimum absolute atomic E-state index is 0.106. The molecule has 3 heterocycles. The molecular formula is C21H25N3OS. The quantitative estimate of drug-likeness (QED) is 0.742. The van der Waals surface area contributed by atoms with E-state index in [-0.39, 0.29) is 11.8 Å². The number of carbonyl (C=O) groups excluding carboxylic acids is 1. The van der Waals surface area contributed by atoms with Gasteiger partial charge in [-0.2, -0.15) is 11.3 Å². The molecule has 136 valence electrons. The summed E-state index contributed by atoms with van der Waals surface area (Å²) < 4.78 is 0. The molecule has 4 nitrogen and oxygen atoms in total. The molecule has 5 heteroatoms. The number of rotatable bonds is 5. The zero-order valence-electron chi connectivity index (χ0n) is 15.1. The number of fused-ring (bicyclic) bond motifs is 1. The molecule has 1 amide bonds. The highest BCUT2D eigenvalue weighted by molar-refractivity contribution is 7.08. The number of likely N-dealkylation sites (N-methyl/N-ethyl adjacent to an activating group) is 1. The second-order valence-electron chi connectivity index (χ2n) is 6.92. The van der Waals surface area contributed by atoms with Gasteiger partial charge in [0.2, 0.25) is 5.91 Å². The Labute approximate surface area is 158 Å². The van der Waals surface area contributed by atoms with Gasteiger partial charge in [0.05, 0.1) is 0 Å². The molecule has 1 aromatic carbocycles. The number of nitrogens with one attached hydrogen (secondary N) is 1. The summed E-state index contributed by atoms with van der Waals surface area (Å²) in [6.07, 6.45) is 2.61. The van der Waals surface area contributed by atoms with Gasteiger partial charge in [-0.05, 0) is 40.6 Å². The fraction of sp³-hybridized carbons (Fsp3) is 0.381. The largest absolute Gasteiger partial charge is 0.361 e. The number of hydrogen-bond donors (Lipinski definition) is 1. The lowest BCUT2D eigenvalue weighted by atomic mass is 9.89. The Morgan fingerprint density at radius 1 is 1.19 bits per heavy atom. The molecule has 1 unspecified atom stereocenters. The van der Waals surface area contributed by atoms with Crippen molar-refractivity contribution in [1.29, 1.82) is 0 Å². The maximum Gasteiger partial charge on any atom is 0.223 e. The first kappa shape index (κ1) is 17.3. The molecule has 0 radical (unpaired) electrons. The zero-order chi connectivity index (χ0) is 17.9. The number of aromatic nitrogens is 1. The molecule has 0 spiro atoms. The molecule has 0 bridgehead atoms. The summed E-state index contributed by atoms with van der Waals surface area (Å²) in [6, 6.07) is 10.5. The van der Waals surface area contributed by atoms with Crippen LogP contribution >= 0.6 is 11.3 Å². The topological polar surface area (TPSA) is 39.3 Å². The molecule has 1 fully saturated rings. The average Bonchev–Trinajstić information content (AvgIpc) is 3.36. The predicted molar refractivity (Wildman–Crippen MR) is 108 cm³/mol. The van der Waals surface area contributed by atoms with Crippen LogP contribution in [0.5, 0.6) is 0 Å².